The van der Waals surface area contributed by atoms with Gasteiger partial charge in [0, 0.05) is 22.5 Å². The first kappa shape index (κ1) is 24.0. The number of rotatable bonds is 1. The van der Waals surface area contributed by atoms with E-state index < -0.39 is 0 Å². The van der Waals surface area contributed by atoms with Crippen LogP contribution in [0.3, 0.4) is 0 Å². The third kappa shape index (κ3) is 5.59. The zero-order valence-electron chi connectivity index (χ0n) is 18.8. The standard InChI is InChI=1S/C26H28N2.2ClH.Co/c1-25(2,3)20-14-19(15-21(16-20)26(4,5)6)22-12-11-18-10-9-17-8-7-13-27-23(17)24(18)28-22;;;/h7-16H,1-6H3;2*1H;/q;;;+2/p-2. The molecule has 0 spiro atoms. The van der Waals surface area contributed by atoms with Crippen LogP contribution in [0.25, 0.3) is 33.1 Å². The van der Waals surface area contributed by atoms with Gasteiger partial charge in [0.1, 0.15) is 0 Å². The van der Waals surface area contributed by atoms with Crippen molar-refractivity contribution >= 4 is 42.1 Å². The van der Waals surface area contributed by atoms with Crippen molar-refractivity contribution in [1.29, 1.82) is 0 Å². The number of aromatic nitrogens is 2. The number of fused-ring (bicyclic) bond motifs is 3. The number of nitrogens with zero attached hydrogens (tertiary/aromatic N) is 2. The fraction of sp³-hybridized carbons (Fsp3) is 0.308. The van der Waals surface area contributed by atoms with E-state index in [1.807, 2.05) is 12.3 Å². The van der Waals surface area contributed by atoms with E-state index in [2.05, 4.69) is 95.1 Å². The van der Waals surface area contributed by atoms with Gasteiger partial charge in [-0.25, -0.2) is 4.98 Å². The summed E-state index contributed by atoms with van der Waals surface area (Å²) in [5.74, 6) is 0. The Kier molecular flexibility index (Phi) is 7.32. The molecule has 0 radical (unpaired) electrons. The number of hydrogen-bond donors (Lipinski definition) is 0. The van der Waals surface area contributed by atoms with Crippen LogP contribution in [0.15, 0.2) is 60.8 Å². The van der Waals surface area contributed by atoms with Crippen LogP contribution in [0, 0.1) is 0 Å². The van der Waals surface area contributed by atoms with Gasteiger partial charge in [0.05, 0.1) is 16.7 Å². The third-order valence-corrected chi connectivity index (χ3v) is 5.39. The quantitative estimate of drug-likeness (QED) is 0.246. The summed E-state index contributed by atoms with van der Waals surface area (Å²) >= 11 is 0.382. The Morgan fingerprint density at radius 2 is 1.23 bits per heavy atom. The summed E-state index contributed by atoms with van der Waals surface area (Å²) in [6.07, 6.45) is 1.84. The molecule has 2 aromatic heterocycles. The second kappa shape index (κ2) is 9.46. The molecule has 0 fully saturated rings. The Bertz CT molecular complexity index is 1180. The van der Waals surface area contributed by atoms with Crippen molar-refractivity contribution in [2.24, 2.45) is 0 Å². The minimum absolute atomic E-state index is 0.0844. The molecule has 31 heavy (non-hydrogen) atoms. The molecule has 0 saturated carbocycles. The summed E-state index contributed by atoms with van der Waals surface area (Å²) in [7, 11) is 9.47. The van der Waals surface area contributed by atoms with E-state index in [0.29, 0.717) is 12.9 Å². The Labute approximate surface area is 199 Å². The summed E-state index contributed by atoms with van der Waals surface area (Å²) in [6, 6.07) is 19.5. The molecule has 0 aliphatic carbocycles. The van der Waals surface area contributed by atoms with Crippen molar-refractivity contribution in [2.75, 3.05) is 0 Å². The summed E-state index contributed by atoms with van der Waals surface area (Å²) < 4.78 is 0. The number of pyridine rings is 2. The van der Waals surface area contributed by atoms with E-state index in [9.17, 15) is 0 Å². The molecule has 165 valence electrons. The van der Waals surface area contributed by atoms with Gasteiger partial charge in [-0.15, -0.1) is 0 Å². The molecule has 0 bridgehead atoms. The first-order valence-electron chi connectivity index (χ1n) is 10.2. The molecule has 0 saturated heterocycles. The van der Waals surface area contributed by atoms with Crippen molar-refractivity contribution in [1.82, 2.24) is 9.97 Å². The monoisotopic (exact) mass is 497 g/mol. The van der Waals surface area contributed by atoms with E-state index in [0.717, 1.165) is 27.5 Å². The second-order valence-corrected chi connectivity index (χ2v) is 11.5. The van der Waals surface area contributed by atoms with Crippen LogP contribution < -0.4 is 0 Å². The van der Waals surface area contributed by atoms with Crippen LogP contribution in [0.5, 0.6) is 0 Å². The average molecular weight is 498 g/mol. The minimum atomic E-state index is 0.0844. The van der Waals surface area contributed by atoms with Gasteiger partial charge in [-0.1, -0.05) is 71.9 Å². The molecule has 2 heterocycles. The summed E-state index contributed by atoms with van der Waals surface area (Å²) in [6.45, 7) is 13.6. The van der Waals surface area contributed by atoms with Gasteiger partial charge in [-0.3, -0.25) is 4.98 Å². The maximum atomic E-state index is 5.06. The first-order chi connectivity index (χ1) is 14.5. The van der Waals surface area contributed by atoms with Gasteiger partial charge >= 0.3 is 33.2 Å². The normalized spacial score (nSPS) is 12.1. The fourth-order valence-electron chi connectivity index (χ4n) is 3.53. The summed E-state index contributed by atoms with van der Waals surface area (Å²) in [5, 5.41) is 2.25. The molecular weight excluding hydrogens is 470 g/mol. The van der Waals surface area contributed by atoms with E-state index in [-0.39, 0.29) is 10.8 Å². The molecule has 0 aliphatic rings. The predicted octanol–water partition coefficient (Wildman–Crippen LogP) is 8.42. The maximum absolute atomic E-state index is 5.06. The van der Waals surface area contributed by atoms with Crippen LogP contribution in [-0.2, 0) is 23.7 Å². The Hall–Kier alpha value is -1.65. The SMILES string of the molecule is CC(C)(C)c1cc(-c2ccc3ccc4cccnc4c3n2)cc(C(C)(C)C)c1.[Cl][Co][Cl]. The zero-order valence-corrected chi connectivity index (χ0v) is 21.3. The Balaban J connectivity index is 0.000000858. The fourth-order valence-corrected chi connectivity index (χ4v) is 3.53. The Morgan fingerprint density at radius 1 is 0.710 bits per heavy atom. The molecule has 0 aliphatic heterocycles. The second-order valence-electron chi connectivity index (χ2n) is 9.76. The van der Waals surface area contributed by atoms with E-state index in [1.165, 1.54) is 16.7 Å². The molecular formula is C26H28Cl2CoN2. The summed E-state index contributed by atoms with van der Waals surface area (Å²) in [5.41, 5.74) is 6.96. The van der Waals surface area contributed by atoms with Gasteiger partial charge in [-0.2, -0.15) is 0 Å². The van der Waals surface area contributed by atoms with Gasteiger partial charge in [0.25, 0.3) is 0 Å². The van der Waals surface area contributed by atoms with Crippen molar-refractivity contribution in [3.63, 3.8) is 0 Å². The molecule has 2 aromatic carbocycles. The van der Waals surface area contributed by atoms with Crippen molar-refractivity contribution in [2.45, 2.75) is 52.4 Å². The predicted molar refractivity (Wildman–Crippen MR) is 132 cm³/mol. The van der Waals surface area contributed by atoms with Gasteiger partial charge < -0.3 is 0 Å². The number of halogens is 2. The molecule has 0 amide bonds. The van der Waals surface area contributed by atoms with Crippen LogP contribution in [-0.4, -0.2) is 9.97 Å². The zero-order chi connectivity index (χ0) is 22.8. The molecule has 4 rings (SSSR count). The topological polar surface area (TPSA) is 25.8 Å². The van der Waals surface area contributed by atoms with Crippen molar-refractivity contribution < 1.29 is 12.9 Å². The number of benzene rings is 2. The average Bonchev–Trinajstić information content (AvgIpc) is 2.72. The number of hydrogen-bond acceptors (Lipinski definition) is 2. The van der Waals surface area contributed by atoms with Crippen molar-refractivity contribution in [3.05, 3.63) is 71.9 Å². The third-order valence-electron chi connectivity index (χ3n) is 5.39. The Morgan fingerprint density at radius 3 is 1.77 bits per heavy atom. The van der Waals surface area contributed by atoms with Gasteiger partial charge in [0.2, 0.25) is 0 Å². The van der Waals surface area contributed by atoms with Crippen LogP contribution in [0.1, 0.15) is 52.7 Å². The van der Waals surface area contributed by atoms with Gasteiger partial charge in [0.15, 0.2) is 0 Å². The van der Waals surface area contributed by atoms with Gasteiger partial charge in [-0.05, 0) is 46.2 Å². The molecule has 4 aromatic rings. The van der Waals surface area contributed by atoms with Crippen molar-refractivity contribution in [3.8, 4) is 11.3 Å². The molecule has 0 unspecified atom stereocenters. The first-order valence-corrected chi connectivity index (χ1v) is 13.1. The van der Waals surface area contributed by atoms with Crippen LogP contribution in [0.2, 0.25) is 0 Å². The molecule has 5 heteroatoms. The molecule has 0 atom stereocenters. The van der Waals surface area contributed by atoms with E-state index >= 15 is 0 Å². The van der Waals surface area contributed by atoms with Crippen LogP contribution >= 0.6 is 20.3 Å². The summed E-state index contributed by atoms with van der Waals surface area (Å²) in [4.78, 5) is 9.65. The molecule has 2 nitrogen and oxygen atoms in total. The van der Waals surface area contributed by atoms with E-state index in [4.69, 9.17) is 25.3 Å². The van der Waals surface area contributed by atoms with Crippen LogP contribution in [0.4, 0.5) is 0 Å². The molecule has 0 N–H and O–H groups in total. The van der Waals surface area contributed by atoms with E-state index in [1.54, 1.807) is 0 Å².